The summed E-state index contributed by atoms with van der Waals surface area (Å²) in [6.07, 6.45) is 1.46. The fourth-order valence-electron chi connectivity index (χ4n) is 2.83. The van der Waals surface area contributed by atoms with Gasteiger partial charge in [-0.15, -0.1) is 0 Å². The molecule has 2 heterocycles. The number of hydrogen-bond donors (Lipinski definition) is 1. The highest BCUT2D eigenvalue weighted by molar-refractivity contribution is 7.92. The number of para-hydroxylation sites is 1. The maximum Gasteiger partial charge on any atom is 0.201 e. The molecule has 102 valence electrons. The Morgan fingerprint density at radius 3 is 2.95 bits per heavy atom. The zero-order chi connectivity index (χ0) is 13.6. The summed E-state index contributed by atoms with van der Waals surface area (Å²) < 4.78 is 25.7. The molecule has 1 atom stereocenters. The molecule has 2 aromatic rings. The largest absolute Gasteiger partial charge is 0.369 e. The van der Waals surface area contributed by atoms with Crippen LogP contribution in [0.1, 0.15) is 18.4 Å². The molecule has 3 rings (SSSR count). The van der Waals surface area contributed by atoms with Crippen molar-refractivity contribution in [3.8, 4) is 0 Å². The van der Waals surface area contributed by atoms with Crippen LogP contribution in [-0.4, -0.2) is 29.0 Å². The normalized spacial score (nSPS) is 22.1. The lowest BCUT2D eigenvalue weighted by molar-refractivity contribution is 0.571. The van der Waals surface area contributed by atoms with Crippen LogP contribution in [0.4, 0.5) is 5.95 Å². The van der Waals surface area contributed by atoms with E-state index in [1.807, 2.05) is 29.7 Å². The van der Waals surface area contributed by atoms with E-state index in [9.17, 15) is 8.42 Å². The molecule has 0 amide bonds. The third-order valence-corrected chi connectivity index (χ3v) is 6.11. The molecule has 0 bridgehead atoms. The quantitative estimate of drug-likeness (QED) is 0.903. The van der Waals surface area contributed by atoms with Crippen LogP contribution in [0.5, 0.6) is 0 Å². The van der Waals surface area contributed by atoms with Crippen molar-refractivity contribution in [3.05, 3.63) is 23.8 Å². The maximum absolute atomic E-state index is 11.9. The fourth-order valence-corrected chi connectivity index (χ4v) is 4.64. The molecular formula is C13H17N3O2S. The Balaban J connectivity index is 2.08. The van der Waals surface area contributed by atoms with Crippen LogP contribution < -0.4 is 5.73 Å². The SMILES string of the molecule is Cc1cccc2nc(N)n(CC3CCCS3(=O)=O)c12. The molecule has 5 nitrogen and oxygen atoms in total. The molecule has 1 aromatic heterocycles. The van der Waals surface area contributed by atoms with E-state index in [1.54, 1.807) is 0 Å². The summed E-state index contributed by atoms with van der Waals surface area (Å²) in [5.41, 5.74) is 8.79. The van der Waals surface area contributed by atoms with E-state index in [0.717, 1.165) is 23.0 Å². The van der Waals surface area contributed by atoms with Gasteiger partial charge in [-0.05, 0) is 31.4 Å². The number of rotatable bonds is 2. The average Bonchev–Trinajstić information content (AvgIpc) is 2.82. The second-order valence-corrected chi connectivity index (χ2v) is 7.56. The monoisotopic (exact) mass is 279 g/mol. The van der Waals surface area contributed by atoms with Crippen molar-refractivity contribution in [2.45, 2.75) is 31.6 Å². The van der Waals surface area contributed by atoms with Crippen molar-refractivity contribution in [2.75, 3.05) is 11.5 Å². The molecule has 2 N–H and O–H groups in total. The van der Waals surface area contributed by atoms with Crippen LogP contribution >= 0.6 is 0 Å². The highest BCUT2D eigenvalue weighted by Gasteiger charge is 2.32. The molecule has 0 spiro atoms. The first-order valence-corrected chi connectivity index (χ1v) is 8.13. The first-order chi connectivity index (χ1) is 8.99. The third-order valence-electron chi connectivity index (χ3n) is 3.85. The van der Waals surface area contributed by atoms with Crippen molar-refractivity contribution >= 4 is 26.8 Å². The van der Waals surface area contributed by atoms with E-state index < -0.39 is 9.84 Å². The van der Waals surface area contributed by atoms with Crippen molar-refractivity contribution < 1.29 is 8.42 Å². The number of benzene rings is 1. The van der Waals surface area contributed by atoms with Crippen LogP contribution in [0.2, 0.25) is 0 Å². The molecule has 1 aromatic carbocycles. The number of sulfone groups is 1. The average molecular weight is 279 g/mol. The Bertz CT molecular complexity index is 734. The molecule has 19 heavy (non-hydrogen) atoms. The van der Waals surface area contributed by atoms with Crippen LogP contribution in [0.15, 0.2) is 18.2 Å². The zero-order valence-corrected chi connectivity index (χ0v) is 11.7. The van der Waals surface area contributed by atoms with Crippen molar-refractivity contribution in [3.63, 3.8) is 0 Å². The minimum absolute atomic E-state index is 0.295. The molecular weight excluding hydrogens is 262 g/mol. The summed E-state index contributed by atoms with van der Waals surface area (Å²) in [6.45, 7) is 2.40. The van der Waals surface area contributed by atoms with Gasteiger partial charge in [-0.25, -0.2) is 13.4 Å². The first kappa shape index (κ1) is 12.5. The van der Waals surface area contributed by atoms with Crippen LogP contribution in [0.3, 0.4) is 0 Å². The molecule has 0 radical (unpaired) electrons. The van der Waals surface area contributed by atoms with Crippen molar-refractivity contribution in [1.29, 1.82) is 0 Å². The van der Waals surface area contributed by atoms with Gasteiger partial charge in [0.2, 0.25) is 5.95 Å². The minimum Gasteiger partial charge on any atom is -0.369 e. The number of aryl methyl sites for hydroxylation is 1. The van der Waals surface area contributed by atoms with E-state index in [-0.39, 0.29) is 5.25 Å². The number of nitrogens with two attached hydrogens (primary N) is 1. The Labute approximate surface area is 112 Å². The van der Waals surface area contributed by atoms with E-state index in [4.69, 9.17) is 5.73 Å². The lowest BCUT2D eigenvalue weighted by Crippen LogP contribution is -2.23. The van der Waals surface area contributed by atoms with Gasteiger partial charge in [-0.1, -0.05) is 12.1 Å². The summed E-state index contributed by atoms with van der Waals surface area (Å²) >= 11 is 0. The molecule has 1 aliphatic heterocycles. The van der Waals surface area contributed by atoms with Gasteiger partial charge in [0, 0.05) is 6.54 Å². The first-order valence-electron chi connectivity index (χ1n) is 6.42. The van der Waals surface area contributed by atoms with Gasteiger partial charge in [0.25, 0.3) is 0 Å². The smallest absolute Gasteiger partial charge is 0.201 e. The summed E-state index contributed by atoms with van der Waals surface area (Å²) in [7, 11) is -2.97. The van der Waals surface area contributed by atoms with E-state index in [1.165, 1.54) is 0 Å². The van der Waals surface area contributed by atoms with Gasteiger partial charge in [-0.2, -0.15) is 0 Å². The standard InChI is InChI=1S/C13H17N3O2S/c1-9-4-2-6-11-12(9)16(13(14)15-11)8-10-5-3-7-19(10,17)18/h2,4,6,10H,3,5,7-8H2,1H3,(H2,14,15). The summed E-state index contributed by atoms with van der Waals surface area (Å²) in [5.74, 6) is 0.690. The molecule has 0 saturated carbocycles. The van der Waals surface area contributed by atoms with Crippen LogP contribution in [0.25, 0.3) is 11.0 Å². The van der Waals surface area contributed by atoms with Gasteiger partial charge >= 0.3 is 0 Å². The number of imidazole rings is 1. The Morgan fingerprint density at radius 2 is 2.26 bits per heavy atom. The second-order valence-electron chi connectivity index (χ2n) is 5.15. The predicted molar refractivity (Wildman–Crippen MR) is 75.7 cm³/mol. The number of fused-ring (bicyclic) bond motifs is 1. The lowest BCUT2D eigenvalue weighted by atomic mass is 10.2. The highest BCUT2D eigenvalue weighted by Crippen LogP contribution is 2.26. The Hall–Kier alpha value is -1.56. The Morgan fingerprint density at radius 1 is 1.47 bits per heavy atom. The molecule has 0 aliphatic carbocycles. The predicted octanol–water partition coefficient (Wildman–Crippen LogP) is 1.50. The van der Waals surface area contributed by atoms with Gasteiger partial charge in [0.05, 0.1) is 22.0 Å². The highest BCUT2D eigenvalue weighted by atomic mass is 32.2. The maximum atomic E-state index is 11.9. The van der Waals surface area contributed by atoms with Gasteiger partial charge in [0.15, 0.2) is 9.84 Å². The summed E-state index contributed by atoms with van der Waals surface area (Å²) in [5, 5.41) is -0.327. The molecule has 1 unspecified atom stereocenters. The fraction of sp³-hybridized carbons (Fsp3) is 0.462. The molecule has 6 heteroatoms. The number of anilines is 1. The summed E-state index contributed by atoms with van der Waals surface area (Å²) in [4.78, 5) is 4.31. The van der Waals surface area contributed by atoms with Gasteiger partial charge < -0.3 is 10.3 Å². The molecule has 1 aliphatic rings. The van der Waals surface area contributed by atoms with Crippen LogP contribution in [0, 0.1) is 6.92 Å². The molecule has 1 saturated heterocycles. The zero-order valence-electron chi connectivity index (χ0n) is 10.8. The Kier molecular flexibility index (Phi) is 2.78. The number of nitrogens with zero attached hydrogens (tertiary/aromatic N) is 2. The summed E-state index contributed by atoms with van der Waals surface area (Å²) in [6, 6.07) is 5.82. The second kappa shape index (κ2) is 4.23. The molecule has 1 fully saturated rings. The van der Waals surface area contributed by atoms with E-state index in [2.05, 4.69) is 4.98 Å². The number of aromatic nitrogens is 2. The third kappa shape index (κ3) is 2.00. The number of nitrogen functional groups attached to an aromatic ring is 1. The van der Waals surface area contributed by atoms with Gasteiger partial charge in [0.1, 0.15) is 0 Å². The minimum atomic E-state index is -2.97. The topological polar surface area (TPSA) is 78.0 Å². The van der Waals surface area contributed by atoms with Gasteiger partial charge in [-0.3, -0.25) is 0 Å². The van der Waals surface area contributed by atoms with Crippen molar-refractivity contribution in [2.24, 2.45) is 0 Å². The van der Waals surface area contributed by atoms with Crippen molar-refractivity contribution in [1.82, 2.24) is 9.55 Å². The van der Waals surface area contributed by atoms with E-state index in [0.29, 0.717) is 24.7 Å². The number of hydrogen-bond acceptors (Lipinski definition) is 4. The lowest BCUT2D eigenvalue weighted by Gasteiger charge is -2.13. The van der Waals surface area contributed by atoms with Crippen LogP contribution in [-0.2, 0) is 16.4 Å². The van der Waals surface area contributed by atoms with E-state index >= 15 is 0 Å².